The van der Waals surface area contributed by atoms with E-state index < -0.39 is 0 Å². The maximum absolute atomic E-state index is 5.51. The second-order valence-electron chi connectivity index (χ2n) is 4.03. The first-order valence-corrected chi connectivity index (χ1v) is 5.69. The van der Waals surface area contributed by atoms with E-state index in [2.05, 4.69) is 27.1 Å². The van der Waals surface area contributed by atoms with Crippen molar-refractivity contribution in [2.24, 2.45) is 5.73 Å². The standard InChI is InChI=1S/C13H14N4/c14-6-5-13-16-8-12(17-13)10-7-15-11-4-2-1-3-9(10)11/h1-4,7-8,15H,5-6,14H2,(H,16,17). The molecule has 4 N–H and O–H groups in total. The smallest absolute Gasteiger partial charge is 0.107 e. The van der Waals surface area contributed by atoms with Crippen LogP contribution >= 0.6 is 0 Å². The van der Waals surface area contributed by atoms with E-state index in [9.17, 15) is 0 Å². The summed E-state index contributed by atoms with van der Waals surface area (Å²) in [6, 6.07) is 8.23. The van der Waals surface area contributed by atoms with Crippen LogP contribution in [-0.2, 0) is 6.42 Å². The summed E-state index contributed by atoms with van der Waals surface area (Å²) in [4.78, 5) is 10.9. The minimum atomic E-state index is 0.612. The number of imidazole rings is 1. The SMILES string of the molecule is NCCc1ncc(-c2c[nH]c3ccccc23)[nH]1. The van der Waals surface area contributed by atoms with Gasteiger partial charge >= 0.3 is 0 Å². The molecule has 2 heterocycles. The van der Waals surface area contributed by atoms with Crippen molar-refractivity contribution in [2.75, 3.05) is 6.54 Å². The van der Waals surface area contributed by atoms with Gasteiger partial charge in [-0.1, -0.05) is 18.2 Å². The van der Waals surface area contributed by atoms with Crippen molar-refractivity contribution in [2.45, 2.75) is 6.42 Å². The van der Waals surface area contributed by atoms with Gasteiger partial charge in [-0.2, -0.15) is 0 Å². The van der Waals surface area contributed by atoms with Crippen LogP contribution in [0.1, 0.15) is 5.82 Å². The van der Waals surface area contributed by atoms with E-state index in [4.69, 9.17) is 5.73 Å². The zero-order valence-electron chi connectivity index (χ0n) is 9.40. The van der Waals surface area contributed by atoms with Crippen molar-refractivity contribution < 1.29 is 0 Å². The minimum absolute atomic E-state index is 0.612. The molecular weight excluding hydrogens is 212 g/mol. The Bertz CT molecular complexity index is 635. The first-order valence-electron chi connectivity index (χ1n) is 5.69. The van der Waals surface area contributed by atoms with Crippen LogP contribution in [0.2, 0.25) is 0 Å². The van der Waals surface area contributed by atoms with Crippen molar-refractivity contribution in [3.8, 4) is 11.3 Å². The van der Waals surface area contributed by atoms with Crippen LogP contribution in [0, 0.1) is 0 Å². The normalized spacial score (nSPS) is 11.1. The van der Waals surface area contributed by atoms with Gasteiger partial charge in [0.2, 0.25) is 0 Å². The Hall–Kier alpha value is -2.07. The van der Waals surface area contributed by atoms with E-state index in [1.54, 1.807) is 0 Å². The molecule has 0 spiro atoms. The Morgan fingerprint density at radius 1 is 1.24 bits per heavy atom. The predicted molar refractivity (Wildman–Crippen MR) is 68.6 cm³/mol. The third-order valence-corrected chi connectivity index (χ3v) is 2.89. The summed E-state index contributed by atoms with van der Waals surface area (Å²) in [5.74, 6) is 0.938. The summed E-state index contributed by atoms with van der Waals surface area (Å²) in [7, 11) is 0. The number of benzene rings is 1. The molecule has 86 valence electrons. The fourth-order valence-electron chi connectivity index (χ4n) is 2.06. The molecule has 1 aromatic carbocycles. The quantitative estimate of drug-likeness (QED) is 0.639. The molecule has 0 aliphatic carbocycles. The lowest BCUT2D eigenvalue weighted by Gasteiger charge is -1.95. The summed E-state index contributed by atoms with van der Waals surface area (Å²) in [5, 5.41) is 1.20. The van der Waals surface area contributed by atoms with Crippen molar-refractivity contribution in [1.82, 2.24) is 15.0 Å². The summed E-state index contributed by atoms with van der Waals surface area (Å²) in [5.41, 5.74) is 8.83. The van der Waals surface area contributed by atoms with Crippen LogP contribution in [0.3, 0.4) is 0 Å². The molecule has 0 radical (unpaired) electrons. The van der Waals surface area contributed by atoms with E-state index in [0.29, 0.717) is 6.54 Å². The lowest BCUT2D eigenvalue weighted by molar-refractivity contribution is 0.895. The highest BCUT2D eigenvalue weighted by Gasteiger charge is 2.07. The van der Waals surface area contributed by atoms with Crippen LogP contribution < -0.4 is 5.73 Å². The van der Waals surface area contributed by atoms with E-state index in [1.807, 2.05) is 24.5 Å². The van der Waals surface area contributed by atoms with Gasteiger partial charge in [-0.3, -0.25) is 0 Å². The zero-order valence-corrected chi connectivity index (χ0v) is 9.40. The van der Waals surface area contributed by atoms with Gasteiger partial charge in [0.05, 0.1) is 11.9 Å². The molecule has 0 saturated heterocycles. The molecule has 0 unspecified atom stereocenters. The van der Waals surface area contributed by atoms with Gasteiger partial charge in [0, 0.05) is 29.1 Å². The van der Waals surface area contributed by atoms with Gasteiger partial charge in [-0.05, 0) is 12.6 Å². The lowest BCUT2D eigenvalue weighted by Crippen LogP contribution is -2.03. The lowest BCUT2D eigenvalue weighted by atomic mass is 10.1. The third-order valence-electron chi connectivity index (χ3n) is 2.89. The van der Waals surface area contributed by atoms with Crippen LogP contribution in [0.25, 0.3) is 22.2 Å². The van der Waals surface area contributed by atoms with E-state index in [1.165, 1.54) is 5.39 Å². The summed E-state index contributed by atoms with van der Waals surface area (Å²) in [6.45, 7) is 0.612. The van der Waals surface area contributed by atoms with Crippen molar-refractivity contribution in [1.29, 1.82) is 0 Å². The molecule has 0 atom stereocenters. The molecule has 0 fully saturated rings. The largest absolute Gasteiger partial charge is 0.360 e. The monoisotopic (exact) mass is 226 g/mol. The number of nitrogens with two attached hydrogens (primary N) is 1. The summed E-state index contributed by atoms with van der Waals surface area (Å²) >= 11 is 0. The van der Waals surface area contributed by atoms with E-state index >= 15 is 0 Å². The highest BCUT2D eigenvalue weighted by molar-refractivity contribution is 5.94. The topological polar surface area (TPSA) is 70.5 Å². The van der Waals surface area contributed by atoms with E-state index in [0.717, 1.165) is 29.0 Å². The number of fused-ring (bicyclic) bond motifs is 1. The first-order chi connectivity index (χ1) is 8.38. The fourth-order valence-corrected chi connectivity index (χ4v) is 2.06. The fraction of sp³-hybridized carbons (Fsp3) is 0.154. The third kappa shape index (κ3) is 1.72. The Labute approximate surface area is 98.9 Å². The number of rotatable bonds is 3. The average molecular weight is 226 g/mol. The molecular formula is C13H14N4. The van der Waals surface area contributed by atoms with Crippen molar-refractivity contribution >= 4 is 10.9 Å². The second-order valence-corrected chi connectivity index (χ2v) is 4.03. The Morgan fingerprint density at radius 3 is 3.00 bits per heavy atom. The maximum atomic E-state index is 5.51. The molecule has 2 aromatic heterocycles. The first kappa shape index (κ1) is 10.1. The molecule has 0 aliphatic heterocycles. The number of nitrogens with zero attached hydrogens (tertiary/aromatic N) is 1. The molecule has 0 bridgehead atoms. The van der Waals surface area contributed by atoms with Gasteiger partial charge in [0.15, 0.2) is 0 Å². The van der Waals surface area contributed by atoms with Crippen LogP contribution in [0.5, 0.6) is 0 Å². The molecule has 17 heavy (non-hydrogen) atoms. The molecule has 3 rings (SSSR count). The molecule has 0 amide bonds. The van der Waals surface area contributed by atoms with E-state index in [-0.39, 0.29) is 0 Å². The van der Waals surface area contributed by atoms with Gasteiger partial charge in [-0.15, -0.1) is 0 Å². The minimum Gasteiger partial charge on any atom is -0.360 e. The van der Waals surface area contributed by atoms with Gasteiger partial charge in [-0.25, -0.2) is 4.98 Å². The summed E-state index contributed by atoms with van der Waals surface area (Å²) in [6.07, 6.45) is 4.65. The predicted octanol–water partition coefficient (Wildman–Crippen LogP) is 2.06. The zero-order chi connectivity index (χ0) is 11.7. The number of aromatic amines is 2. The highest BCUT2D eigenvalue weighted by Crippen LogP contribution is 2.26. The Kier molecular flexibility index (Phi) is 2.42. The number of H-pyrrole nitrogens is 2. The molecule has 0 aliphatic rings. The number of hydrogen-bond donors (Lipinski definition) is 3. The van der Waals surface area contributed by atoms with Gasteiger partial charge in [0.25, 0.3) is 0 Å². The van der Waals surface area contributed by atoms with Crippen LogP contribution in [0.15, 0.2) is 36.7 Å². The van der Waals surface area contributed by atoms with Crippen LogP contribution in [-0.4, -0.2) is 21.5 Å². The van der Waals surface area contributed by atoms with Crippen molar-refractivity contribution in [3.05, 3.63) is 42.5 Å². The Morgan fingerprint density at radius 2 is 2.12 bits per heavy atom. The molecule has 4 heteroatoms. The molecule has 0 saturated carbocycles. The van der Waals surface area contributed by atoms with Gasteiger partial charge in [0.1, 0.15) is 5.82 Å². The Balaban J connectivity index is 2.07. The van der Waals surface area contributed by atoms with Crippen molar-refractivity contribution in [3.63, 3.8) is 0 Å². The number of hydrogen-bond acceptors (Lipinski definition) is 2. The number of aromatic nitrogens is 3. The van der Waals surface area contributed by atoms with Gasteiger partial charge < -0.3 is 15.7 Å². The summed E-state index contributed by atoms with van der Waals surface area (Å²) < 4.78 is 0. The highest BCUT2D eigenvalue weighted by atomic mass is 14.9. The number of para-hydroxylation sites is 1. The molecule has 3 aromatic rings. The second kappa shape index (κ2) is 4.07. The molecule has 4 nitrogen and oxygen atoms in total. The van der Waals surface area contributed by atoms with Crippen LogP contribution in [0.4, 0.5) is 0 Å². The maximum Gasteiger partial charge on any atom is 0.107 e. The number of nitrogens with one attached hydrogen (secondary N) is 2. The average Bonchev–Trinajstić information content (AvgIpc) is 2.95.